The summed E-state index contributed by atoms with van der Waals surface area (Å²) in [6, 6.07) is 3.68. The maximum atomic E-state index is 11.7. The zero-order valence-electron chi connectivity index (χ0n) is 8.89. The number of methoxy groups -OCH3 is 1. The molecule has 0 radical (unpaired) electrons. The number of amides is 1. The fourth-order valence-electron chi connectivity index (χ4n) is 1.26. The number of H-pyrrole nitrogens is 1. The number of carbonyl (C=O) groups excluding carboxylic acids is 1. The number of rotatable bonds is 3. The van der Waals surface area contributed by atoms with Crippen LogP contribution >= 0.6 is 0 Å². The number of hydrogen-bond acceptors (Lipinski definition) is 4. The molecule has 0 fully saturated rings. The van der Waals surface area contributed by atoms with E-state index in [-0.39, 0.29) is 17.9 Å². The lowest BCUT2D eigenvalue weighted by molar-refractivity contribution is 0.101. The summed E-state index contributed by atoms with van der Waals surface area (Å²) in [7, 11) is 3.24. The van der Waals surface area contributed by atoms with Crippen LogP contribution in [-0.2, 0) is 7.05 Å². The van der Waals surface area contributed by atoms with Crippen LogP contribution in [0.3, 0.4) is 0 Å². The molecule has 7 nitrogen and oxygen atoms in total. The molecule has 0 aromatic carbocycles. The second-order valence-electron chi connectivity index (χ2n) is 3.13. The molecule has 0 unspecified atom stereocenters. The van der Waals surface area contributed by atoms with Gasteiger partial charge in [-0.2, -0.15) is 4.98 Å². The largest absolute Gasteiger partial charge is 0.466 e. The fourth-order valence-corrected chi connectivity index (χ4v) is 1.26. The highest BCUT2D eigenvalue weighted by Crippen LogP contribution is 2.07. The first-order valence-electron chi connectivity index (χ1n) is 4.60. The van der Waals surface area contributed by atoms with E-state index >= 15 is 0 Å². The number of aryl methyl sites for hydroxylation is 1. The molecule has 0 saturated heterocycles. The van der Waals surface area contributed by atoms with Gasteiger partial charge in [0.25, 0.3) is 5.91 Å². The second-order valence-corrected chi connectivity index (χ2v) is 3.13. The van der Waals surface area contributed by atoms with Gasteiger partial charge in [0, 0.05) is 13.2 Å². The van der Waals surface area contributed by atoms with Gasteiger partial charge in [-0.1, -0.05) is 0 Å². The number of aromatic nitrogens is 4. The molecule has 2 rings (SSSR count). The Morgan fingerprint density at radius 1 is 1.62 bits per heavy atom. The highest BCUT2D eigenvalue weighted by molar-refractivity contribution is 6.02. The van der Waals surface area contributed by atoms with Gasteiger partial charge in [-0.3, -0.25) is 10.1 Å². The van der Waals surface area contributed by atoms with Gasteiger partial charge in [-0.15, -0.1) is 5.10 Å². The number of nitrogens with one attached hydrogen (secondary N) is 2. The van der Waals surface area contributed by atoms with Crippen LogP contribution in [0.4, 0.5) is 5.95 Å². The minimum absolute atomic E-state index is 0.183. The third kappa shape index (κ3) is 1.88. The van der Waals surface area contributed by atoms with Crippen LogP contribution in [0.25, 0.3) is 0 Å². The minimum Gasteiger partial charge on any atom is -0.466 e. The van der Waals surface area contributed by atoms with Crippen molar-refractivity contribution in [2.45, 2.75) is 0 Å². The molecule has 1 amide bonds. The van der Waals surface area contributed by atoms with E-state index in [0.29, 0.717) is 5.69 Å². The average Bonchev–Trinajstić information content (AvgIpc) is 2.86. The molecule has 2 aromatic rings. The summed E-state index contributed by atoms with van der Waals surface area (Å²) in [4.78, 5) is 15.6. The first-order chi connectivity index (χ1) is 7.70. The zero-order chi connectivity index (χ0) is 11.5. The lowest BCUT2D eigenvalue weighted by Crippen LogP contribution is -2.16. The topological polar surface area (TPSA) is 84.8 Å². The van der Waals surface area contributed by atoms with Gasteiger partial charge in [0.05, 0.1) is 7.11 Å². The number of carbonyl (C=O) groups is 1. The molecule has 0 aliphatic rings. The molecular formula is C9H11N5O2. The summed E-state index contributed by atoms with van der Waals surface area (Å²) in [5, 5.41) is 8.82. The molecular weight excluding hydrogens is 210 g/mol. The molecule has 16 heavy (non-hydrogen) atoms. The van der Waals surface area contributed by atoms with Crippen LogP contribution in [0.2, 0.25) is 0 Å². The van der Waals surface area contributed by atoms with Gasteiger partial charge < -0.3 is 9.30 Å². The Bertz CT molecular complexity index is 501. The highest BCUT2D eigenvalue weighted by Gasteiger charge is 2.11. The Balaban J connectivity index is 2.11. The second kappa shape index (κ2) is 4.05. The van der Waals surface area contributed by atoms with E-state index in [1.165, 1.54) is 7.11 Å². The van der Waals surface area contributed by atoms with E-state index in [1.807, 2.05) is 0 Å². The summed E-state index contributed by atoms with van der Waals surface area (Å²) in [5.74, 6) is -0.00523. The Morgan fingerprint density at radius 2 is 2.44 bits per heavy atom. The standard InChI is InChI=1S/C9H11N5O2/c1-14-5-3-4-6(14)7(15)10-8-11-9(16-2)13-12-8/h3-5H,1-2H3,(H2,10,11,12,13,15). The normalized spacial score (nSPS) is 10.1. The van der Waals surface area contributed by atoms with Crippen molar-refractivity contribution in [3.8, 4) is 6.01 Å². The molecule has 84 valence electrons. The van der Waals surface area contributed by atoms with E-state index in [1.54, 1.807) is 29.9 Å². The molecule has 2 aromatic heterocycles. The van der Waals surface area contributed by atoms with Crippen molar-refractivity contribution in [2.75, 3.05) is 12.4 Å². The molecule has 0 aliphatic heterocycles. The van der Waals surface area contributed by atoms with Gasteiger partial charge in [0.15, 0.2) is 0 Å². The molecule has 0 saturated carbocycles. The average molecular weight is 221 g/mol. The summed E-state index contributed by atoms with van der Waals surface area (Å²) in [5.41, 5.74) is 0.537. The van der Waals surface area contributed by atoms with Crippen molar-refractivity contribution in [1.82, 2.24) is 19.7 Å². The molecule has 0 bridgehead atoms. The van der Waals surface area contributed by atoms with Crippen molar-refractivity contribution in [1.29, 1.82) is 0 Å². The summed E-state index contributed by atoms with van der Waals surface area (Å²) >= 11 is 0. The number of hydrogen-bond donors (Lipinski definition) is 2. The molecule has 2 N–H and O–H groups in total. The Kier molecular flexibility index (Phi) is 2.59. The van der Waals surface area contributed by atoms with Crippen LogP contribution in [0.1, 0.15) is 10.5 Å². The maximum absolute atomic E-state index is 11.7. The summed E-state index contributed by atoms with van der Waals surface area (Å²) in [6.45, 7) is 0. The lowest BCUT2D eigenvalue weighted by atomic mass is 10.4. The first-order valence-corrected chi connectivity index (χ1v) is 4.60. The summed E-state index contributed by atoms with van der Waals surface area (Å²) in [6.07, 6.45) is 1.79. The van der Waals surface area contributed by atoms with E-state index in [9.17, 15) is 4.79 Å². The van der Waals surface area contributed by atoms with Crippen LogP contribution < -0.4 is 10.1 Å². The predicted molar refractivity (Wildman–Crippen MR) is 56.3 cm³/mol. The summed E-state index contributed by atoms with van der Waals surface area (Å²) < 4.78 is 6.49. The smallest absolute Gasteiger partial charge is 0.336 e. The molecule has 0 atom stereocenters. The van der Waals surface area contributed by atoms with Gasteiger partial charge >= 0.3 is 6.01 Å². The first kappa shape index (κ1) is 10.2. The fraction of sp³-hybridized carbons (Fsp3) is 0.222. The van der Waals surface area contributed by atoms with Gasteiger partial charge in [-0.05, 0) is 12.1 Å². The molecule has 0 spiro atoms. The van der Waals surface area contributed by atoms with Crippen molar-refractivity contribution in [3.05, 3.63) is 24.0 Å². The van der Waals surface area contributed by atoms with E-state index in [4.69, 9.17) is 4.74 Å². The Hall–Kier alpha value is -2.31. The van der Waals surface area contributed by atoms with E-state index < -0.39 is 0 Å². The Morgan fingerprint density at radius 3 is 3.00 bits per heavy atom. The molecule has 2 heterocycles. The zero-order valence-corrected chi connectivity index (χ0v) is 8.89. The van der Waals surface area contributed by atoms with E-state index in [0.717, 1.165) is 0 Å². The van der Waals surface area contributed by atoms with Crippen LogP contribution in [0.5, 0.6) is 6.01 Å². The van der Waals surface area contributed by atoms with Crippen molar-refractivity contribution >= 4 is 11.9 Å². The van der Waals surface area contributed by atoms with Crippen LogP contribution in [0, 0.1) is 0 Å². The van der Waals surface area contributed by atoms with Crippen molar-refractivity contribution < 1.29 is 9.53 Å². The van der Waals surface area contributed by atoms with Gasteiger partial charge in [-0.25, -0.2) is 5.10 Å². The van der Waals surface area contributed by atoms with E-state index in [2.05, 4.69) is 20.5 Å². The maximum Gasteiger partial charge on any atom is 0.336 e. The van der Waals surface area contributed by atoms with Gasteiger partial charge in [0.1, 0.15) is 5.69 Å². The minimum atomic E-state index is -0.258. The van der Waals surface area contributed by atoms with Crippen LogP contribution in [0.15, 0.2) is 18.3 Å². The SMILES string of the molecule is COc1n[nH]c(NC(=O)c2cccn2C)n1. The number of anilines is 1. The Labute approximate surface area is 91.4 Å². The lowest BCUT2D eigenvalue weighted by Gasteiger charge is -2.01. The third-order valence-electron chi connectivity index (χ3n) is 2.06. The predicted octanol–water partition coefficient (Wildman–Crippen LogP) is 0.404. The molecule has 7 heteroatoms. The van der Waals surface area contributed by atoms with Crippen molar-refractivity contribution in [2.24, 2.45) is 7.05 Å². The number of ether oxygens (including phenoxy) is 1. The van der Waals surface area contributed by atoms with Gasteiger partial charge in [0.2, 0.25) is 5.95 Å². The van der Waals surface area contributed by atoms with Crippen LogP contribution in [-0.4, -0.2) is 32.8 Å². The quantitative estimate of drug-likeness (QED) is 0.785. The highest BCUT2D eigenvalue weighted by atomic mass is 16.5. The number of aromatic amines is 1. The monoisotopic (exact) mass is 221 g/mol. The number of nitrogens with zero attached hydrogens (tertiary/aromatic N) is 3. The molecule has 0 aliphatic carbocycles. The van der Waals surface area contributed by atoms with Crippen molar-refractivity contribution in [3.63, 3.8) is 0 Å². The third-order valence-corrected chi connectivity index (χ3v) is 2.06.